The summed E-state index contributed by atoms with van der Waals surface area (Å²) in [7, 11) is 0. The van der Waals surface area contributed by atoms with Crippen molar-refractivity contribution < 1.29 is 9.90 Å². The monoisotopic (exact) mass is 471 g/mol. The third kappa shape index (κ3) is 6.50. The molecule has 3 aromatic rings. The summed E-state index contributed by atoms with van der Waals surface area (Å²) in [5, 5.41) is 13.6. The molecule has 0 spiro atoms. The largest absolute Gasteiger partial charge is 0.388 e. The van der Waals surface area contributed by atoms with Gasteiger partial charge in [0.2, 0.25) is 5.91 Å². The fourth-order valence-corrected chi connectivity index (χ4v) is 4.89. The van der Waals surface area contributed by atoms with Crippen molar-refractivity contribution in [2.45, 2.75) is 31.8 Å². The third-order valence-electron chi connectivity index (χ3n) is 6.87. The highest BCUT2D eigenvalue weighted by Gasteiger charge is 2.23. The second-order valence-electron chi connectivity index (χ2n) is 9.21. The van der Waals surface area contributed by atoms with E-state index in [0.717, 1.165) is 67.9 Å². The topological polar surface area (TPSA) is 55.8 Å². The van der Waals surface area contributed by atoms with Crippen LogP contribution in [0.4, 0.5) is 5.69 Å². The number of carbonyl (C=O) groups excluding carboxylic acids is 1. The maximum Gasteiger partial charge on any atom is 0.232 e. The average molecular weight is 472 g/mol. The molecule has 3 aromatic carbocycles. The van der Waals surface area contributed by atoms with Crippen molar-refractivity contribution in [2.75, 3.05) is 44.2 Å². The minimum absolute atomic E-state index is 0.0540. The van der Waals surface area contributed by atoms with Crippen LogP contribution in [0.5, 0.6) is 0 Å². The van der Waals surface area contributed by atoms with Gasteiger partial charge in [0.05, 0.1) is 12.0 Å². The average Bonchev–Trinajstić information content (AvgIpc) is 2.92. The van der Waals surface area contributed by atoms with Crippen LogP contribution in [0.3, 0.4) is 0 Å². The van der Waals surface area contributed by atoms with Gasteiger partial charge in [-0.3, -0.25) is 9.69 Å². The fourth-order valence-electron chi connectivity index (χ4n) is 4.89. The lowest BCUT2D eigenvalue weighted by molar-refractivity contribution is -0.121. The number of para-hydroxylation sites is 1. The van der Waals surface area contributed by atoms with Crippen molar-refractivity contribution in [1.82, 2.24) is 10.2 Å². The summed E-state index contributed by atoms with van der Waals surface area (Å²) in [6.45, 7) is 7.52. The molecular weight excluding hydrogens is 434 g/mol. The number of nitrogens with one attached hydrogen (secondary N) is 1. The highest BCUT2D eigenvalue weighted by molar-refractivity contribution is 5.87. The maximum atomic E-state index is 13.2. The summed E-state index contributed by atoms with van der Waals surface area (Å²) >= 11 is 0. The Morgan fingerprint density at radius 1 is 0.857 bits per heavy atom. The quantitative estimate of drug-likeness (QED) is 0.425. The van der Waals surface area contributed by atoms with E-state index in [0.29, 0.717) is 6.54 Å². The molecule has 1 heterocycles. The highest BCUT2D eigenvalue weighted by atomic mass is 16.3. The van der Waals surface area contributed by atoms with Gasteiger partial charge in [0.15, 0.2) is 0 Å². The predicted molar refractivity (Wildman–Crippen MR) is 143 cm³/mol. The van der Waals surface area contributed by atoms with E-state index in [9.17, 15) is 9.90 Å². The molecule has 1 atom stereocenters. The Morgan fingerprint density at radius 3 is 2.03 bits per heavy atom. The molecule has 5 heteroatoms. The summed E-state index contributed by atoms with van der Waals surface area (Å²) in [6, 6.07) is 28.2. The molecular formula is C30H37N3O2. The Labute approximate surface area is 209 Å². The molecule has 1 unspecified atom stereocenters. The van der Waals surface area contributed by atoms with E-state index in [4.69, 9.17) is 0 Å². The number of hydrogen-bond acceptors (Lipinski definition) is 4. The van der Waals surface area contributed by atoms with E-state index in [1.807, 2.05) is 79.7 Å². The second-order valence-corrected chi connectivity index (χ2v) is 9.21. The summed E-state index contributed by atoms with van der Waals surface area (Å²) in [5.74, 6) is -0.238. The van der Waals surface area contributed by atoms with Gasteiger partial charge >= 0.3 is 0 Å². The van der Waals surface area contributed by atoms with Crippen molar-refractivity contribution in [3.63, 3.8) is 0 Å². The van der Waals surface area contributed by atoms with Crippen LogP contribution in [-0.4, -0.2) is 55.2 Å². The zero-order chi connectivity index (χ0) is 24.5. The van der Waals surface area contributed by atoms with Gasteiger partial charge in [-0.05, 0) is 36.6 Å². The van der Waals surface area contributed by atoms with Crippen molar-refractivity contribution in [3.8, 4) is 0 Å². The third-order valence-corrected chi connectivity index (χ3v) is 6.87. The molecule has 1 fully saturated rings. The predicted octanol–water partition coefficient (Wildman–Crippen LogP) is 4.59. The van der Waals surface area contributed by atoms with Gasteiger partial charge in [-0.2, -0.15) is 0 Å². The number of nitrogens with zero attached hydrogens (tertiary/aromatic N) is 2. The van der Waals surface area contributed by atoms with Crippen LogP contribution >= 0.6 is 0 Å². The Balaban J connectivity index is 1.26. The number of rotatable bonds is 10. The van der Waals surface area contributed by atoms with Crippen LogP contribution in [0.25, 0.3) is 0 Å². The van der Waals surface area contributed by atoms with E-state index >= 15 is 0 Å². The number of amides is 1. The van der Waals surface area contributed by atoms with Crippen LogP contribution in [0.1, 0.15) is 48.5 Å². The molecule has 0 radical (unpaired) electrons. The molecule has 0 aliphatic carbocycles. The Hall–Kier alpha value is -3.15. The molecule has 1 saturated heterocycles. The van der Waals surface area contributed by atoms with Gasteiger partial charge in [0.25, 0.3) is 0 Å². The van der Waals surface area contributed by atoms with E-state index in [2.05, 4.69) is 27.2 Å². The number of piperazine rings is 1. The Kier molecular flexibility index (Phi) is 8.93. The van der Waals surface area contributed by atoms with E-state index in [1.165, 1.54) is 0 Å². The fraction of sp³-hybridized carbons (Fsp3) is 0.367. The molecule has 35 heavy (non-hydrogen) atoms. The number of aliphatic hydroxyl groups is 1. The van der Waals surface area contributed by atoms with E-state index < -0.39 is 6.10 Å². The SMILES string of the molecule is CCC(O)c1ccccc1N1CCN(CCCNC(=O)C(c2ccccc2)c2ccccc2)CC1. The molecule has 2 N–H and O–H groups in total. The van der Waals surface area contributed by atoms with Crippen molar-refractivity contribution in [2.24, 2.45) is 0 Å². The number of aliphatic hydroxyl groups excluding tert-OH is 1. The Morgan fingerprint density at radius 2 is 1.43 bits per heavy atom. The second kappa shape index (κ2) is 12.5. The molecule has 5 nitrogen and oxygen atoms in total. The van der Waals surface area contributed by atoms with Gasteiger partial charge in [0.1, 0.15) is 0 Å². The van der Waals surface area contributed by atoms with Crippen LogP contribution < -0.4 is 10.2 Å². The minimum atomic E-state index is -0.413. The summed E-state index contributed by atoms with van der Waals surface area (Å²) in [6.07, 6.45) is 1.23. The summed E-state index contributed by atoms with van der Waals surface area (Å²) in [4.78, 5) is 18.0. The van der Waals surface area contributed by atoms with Crippen molar-refractivity contribution in [3.05, 3.63) is 102 Å². The van der Waals surface area contributed by atoms with Gasteiger partial charge < -0.3 is 15.3 Å². The first-order valence-electron chi connectivity index (χ1n) is 12.8. The lowest BCUT2D eigenvalue weighted by atomic mass is 9.90. The first-order valence-corrected chi connectivity index (χ1v) is 12.8. The van der Waals surface area contributed by atoms with Gasteiger partial charge in [-0.1, -0.05) is 85.8 Å². The zero-order valence-corrected chi connectivity index (χ0v) is 20.6. The molecule has 0 saturated carbocycles. The highest BCUT2D eigenvalue weighted by Crippen LogP contribution is 2.29. The van der Waals surface area contributed by atoms with Gasteiger partial charge in [0, 0.05) is 44.0 Å². The first-order chi connectivity index (χ1) is 17.2. The summed E-state index contributed by atoms with van der Waals surface area (Å²) < 4.78 is 0. The zero-order valence-electron chi connectivity index (χ0n) is 20.6. The Bertz CT molecular complexity index is 1010. The number of carbonyl (C=O) groups is 1. The van der Waals surface area contributed by atoms with Crippen molar-refractivity contribution in [1.29, 1.82) is 0 Å². The normalized spacial score (nSPS) is 15.2. The van der Waals surface area contributed by atoms with Crippen LogP contribution in [0.15, 0.2) is 84.9 Å². The first kappa shape index (κ1) is 25.0. The smallest absolute Gasteiger partial charge is 0.232 e. The van der Waals surface area contributed by atoms with E-state index in [-0.39, 0.29) is 11.8 Å². The molecule has 1 aliphatic rings. The number of hydrogen-bond donors (Lipinski definition) is 2. The van der Waals surface area contributed by atoms with E-state index in [1.54, 1.807) is 0 Å². The molecule has 0 aromatic heterocycles. The van der Waals surface area contributed by atoms with Crippen LogP contribution in [0, 0.1) is 0 Å². The standard InChI is InChI=1S/C30H37N3O2/c1-2-28(34)26-16-9-10-17-27(26)33-22-20-32(21-23-33)19-11-18-31-30(35)29(24-12-5-3-6-13-24)25-14-7-4-8-15-25/h3-10,12-17,28-29,34H,2,11,18-23H2,1H3,(H,31,35). The molecule has 4 rings (SSSR count). The van der Waals surface area contributed by atoms with Crippen LogP contribution in [-0.2, 0) is 4.79 Å². The number of benzene rings is 3. The summed E-state index contributed by atoms with van der Waals surface area (Å²) in [5.41, 5.74) is 4.21. The molecule has 0 bridgehead atoms. The lowest BCUT2D eigenvalue weighted by Crippen LogP contribution is -2.47. The molecule has 1 amide bonds. The van der Waals surface area contributed by atoms with Crippen LogP contribution in [0.2, 0.25) is 0 Å². The van der Waals surface area contributed by atoms with Crippen molar-refractivity contribution >= 4 is 11.6 Å². The molecule has 184 valence electrons. The van der Waals surface area contributed by atoms with Gasteiger partial charge in [-0.25, -0.2) is 0 Å². The van der Waals surface area contributed by atoms with Gasteiger partial charge in [-0.15, -0.1) is 0 Å². The number of anilines is 1. The minimum Gasteiger partial charge on any atom is -0.388 e. The lowest BCUT2D eigenvalue weighted by Gasteiger charge is -2.37. The maximum absolute atomic E-state index is 13.2. The molecule has 1 aliphatic heterocycles.